The number of nitrogens with zero attached hydrogens (tertiary/aromatic N) is 1. The number of carboxylic acid groups (broad SMARTS) is 1. The van der Waals surface area contributed by atoms with Crippen molar-refractivity contribution in [3.8, 4) is 0 Å². The lowest BCUT2D eigenvalue weighted by Crippen LogP contribution is -2.45. The first kappa shape index (κ1) is 19.3. The molecule has 128 valence electrons. The lowest BCUT2D eigenvalue weighted by molar-refractivity contribution is -0.137. The Labute approximate surface area is 142 Å². The quantitative estimate of drug-likeness (QED) is 0.760. The van der Waals surface area contributed by atoms with Gasteiger partial charge in [-0.05, 0) is 30.5 Å². The third-order valence-electron chi connectivity index (χ3n) is 4.40. The maximum Gasteiger partial charge on any atom is 0.317 e. The molecule has 0 saturated heterocycles. The molecule has 0 unspecified atom stereocenters. The molecule has 1 rings (SSSR count). The van der Waals surface area contributed by atoms with Crippen molar-refractivity contribution in [2.24, 2.45) is 0 Å². The molecule has 0 saturated carbocycles. The molecule has 5 nitrogen and oxygen atoms in total. The highest BCUT2D eigenvalue weighted by molar-refractivity contribution is 6.30. The normalized spacial score (nSPS) is 11.1. The number of nitrogens with one attached hydrogen (secondary N) is 1. The van der Waals surface area contributed by atoms with Crippen LogP contribution in [0.1, 0.15) is 38.7 Å². The van der Waals surface area contributed by atoms with Crippen LogP contribution in [0.2, 0.25) is 5.02 Å². The first-order valence-corrected chi connectivity index (χ1v) is 8.19. The van der Waals surface area contributed by atoms with Crippen LogP contribution in [0.25, 0.3) is 0 Å². The smallest absolute Gasteiger partial charge is 0.317 e. The van der Waals surface area contributed by atoms with Crippen LogP contribution in [0.3, 0.4) is 0 Å². The molecule has 0 aliphatic rings. The van der Waals surface area contributed by atoms with Crippen molar-refractivity contribution in [2.45, 2.75) is 38.5 Å². The van der Waals surface area contributed by atoms with E-state index < -0.39 is 5.97 Å². The van der Waals surface area contributed by atoms with E-state index >= 15 is 0 Å². The number of rotatable bonds is 8. The van der Waals surface area contributed by atoms with Crippen molar-refractivity contribution >= 4 is 23.6 Å². The highest BCUT2D eigenvalue weighted by Gasteiger charge is 2.29. The van der Waals surface area contributed by atoms with Crippen LogP contribution in [0.4, 0.5) is 4.79 Å². The van der Waals surface area contributed by atoms with Crippen LogP contribution < -0.4 is 5.32 Å². The summed E-state index contributed by atoms with van der Waals surface area (Å²) in [6, 6.07) is 7.45. The summed E-state index contributed by atoms with van der Waals surface area (Å²) >= 11 is 5.95. The number of hydrogen-bond acceptors (Lipinski definition) is 2. The van der Waals surface area contributed by atoms with Crippen molar-refractivity contribution in [1.29, 1.82) is 0 Å². The molecular weight excluding hydrogens is 316 g/mol. The van der Waals surface area contributed by atoms with Gasteiger partial charge < -0.3 is 15.3 Å². The molecule has 2 amide bonds. The molecule has 0 spiro atoms. The summed E-state index contributed by atoms with van der Waals surface area (Å²) in [5.74, 6) is -0.915. The van der Waals surface area contributed by atoms with Gasteiger partial charge in [-0.25, -0.2) is 4.79 Å². The maximum absolute atomic E-state index is 12.1. The van der Waals surface area contributed by atoms with Gasteiger partial charge in [0.2, 0.25) is 0 Å². The number of carbonyl (C=O) groups is 2. The van der Waals surface area contributed by atoms with E-state index in [1.54, 1.807) is 7.05 Å². The number of carboxylic acids is 1. The largest absolute Gasteiger partial charge is 0.481 e. The SMILES string of the molecule is CCC(CC)(CNC(=O)N(C)CCC(=O)O)c1ccc(Cl)cc1. The van der Waals surface area contributed by atoms with E-state index in [-0.39, 0.29) is 24.4 Å². The zero-order valence-electron chi connectivity index (χ0n) is 13.9. The third-order valence-corrected chi connectivity index (χ3v) is 4.65. The molecule has 1 aromatic rings. The van der Waals surface area contributed by atoms with Gasteiger partial charge in [0, 0.05) is 30.6 Å². The Balaban J connectivity index is 2.74. The fourth-order valence-electron chi connectivity index (χ4n) is 2.56. The van der Waals surface area contributed by atoms with Crippen molar-refractivity contribution in [3.05, 3.63) is 34.9 Å². The predicted molar refractivity (Wildman–Crippen MR) is 92.0 cm³/mol. The molecular formula is C17H25ClN2O3. The number of carbonyl (C=O) groups excluding carboxylic acids is 1. The van der Waals surface area contributed by atoms with Gasteiger partial charge in [0.1, 0.15) is 0 Å². The van der Waals surface area contributed by atoms with E-state index in [4.69, 9.17) is 16.7 Å². The Kier molecular flexibility index (Phi) is 7.36. The van der Waals surface area contributed by atoms with Crippen LogP contribution >= 0.6 is 11.6 Å². The molecule has 0 atom stereocenters. The Bertz CT molecular complexity index is 527. The van der Waals surface area contributed by atoms with E-state index in [9.17, 15) is 9.59 Å². The number of urea groups is 1. The molecule has 0 aromatic heterocycles. The van der Waals surface area contributed by atoms with E-state index in [0.29, 0.717) is 11.6 Å². The first-order valence-electron chi connectivity index (χ1n) is 7.81. The van der Waals surface area contributed by atoms with Gasteiger partial charge in [-0.3, -0.25) is 4.79 Å². The van der Waals surface area contributed by atoms with Gasteiger partial charge in [0.15, 0.2) is 0 Å². The van der Waals surface area contributed by atoms with Crippen molar-refractivity contribution in [2.75, 3.05) is 20.1 Å². The maximum atomic E-state index is 12.1. The molecule has 1 aromatic carbocycles. The third kappa shape index (κ3) is 5.43. The monoisotopic (exact) mass is 340 g/mol. The number of amides is 2. The predicted octanol–water partition coefficient (Wildman–Crippen LogP) is 3.51. The Hall–Kier alpha value is -1.75. The minimum absolute atomic E-state index is 0.0617. The Morgan fingerprint density at radius 1 is 1.22 bits per heavy atom. The highest BCUT2D eigenvalue weighted by atomic mass is 35.5. The van der Waals surface area contributed by atoms with E-state index in [1.165, 1.54) is 4.90 Å². The van der Waals surface area contributed by atoms with Gasteiger partial charge in [-0.1, -0.05) is 37.6 Å². The molecule has 0 aliphatic heterocycles. The summed E-state index contributed by atoms with van der Waals surface area (Å²) in [6.07, 6.45) is 1.70. The van der Waals surface area contributed by atoms with Crippen LogP contribution in [0.15, 0.2) is 24.3 Å². The minimum atomic E-state index is -0.915. The van der Waals surface area contributed by atoms with Crippen LogP contribution in [0.5, 0.6) is 0 Å². The molecule has 23 heavy (non-hydrogen) atoms. The van der Waals surface area contributed by atoms with Gasteiger partial charge >= 0.3 is 12.0 Å². The molecule has 0 radical (unpaired) electrons. The van der Waals surface area contributed by atoms with Gasteiger partial charge in [-0.2, -0.15) is 0 Å². The lowest BCUT2D eigenvalue weighted by atomic mass is 9.76. The summed E-state index contributed by atoms with van der Waals surface area (Å²) in [7, 11) is 1.60. The molecule has 0 heterocycles. The summed E-state index contributed by atoms with van der Waals surface area (Å²) < 4.78 is 0. The topological polar surface area (TPSA) is 69.6 Å². The standard InChI is InChI=1S/C17H25ClN2O3/c1-4-17(5-2,13-6-8-14(18)9-7-13)12-19-16(23)20(3)11-10-15(21)22/h6-9H,4-5,10-12H2,1-3H3,(H,19,23)(H,21,22). The summed E-state index contributed by atoms with van der Waals surface area (Å²) in [5, 5.41) is 12.3. The second-order valence-electron chi connectivity index (χ2n) is 5.72. The Morgan fingerprint density at radius 3 is 2.26 bits per heavy atom. The fourth-order valence-corrected chi connectivity index (χ4v) is 2.68. The average Bonchev–Trinajstić information content (AvgIpc) is 2.55. The Morgan fingerprint density at radius 2 is 1.78 bits per heavy atom. The zero-order chi connectivity index (χ0) is 17.5. The second-order valence-corrected chi connectivity index (χ2v) is 6.15. The van der Waals surface area contributed by atoms with E-state index in [0.717, 1.165) is 18.4 Å². The van der Waals surface area contributed by atoms with E-state index in [1.807, 2.05) is 24.3 Å². The molecule has 2 N–H and O–H groups in total. The van der Waals surface area contributed by atoms with Crippen LogP contribution in [-0.4, -0.2) is 42.1 Å². The first-order chi connectivity index (χ1) is 10.8. The van der Waals surface area contributed by atoms with Gasteiger partial charge in [0.25, 0.3) is 0 Å². The number of benzene rings is 1. The molecule has 0 aliphatic carbocycles. The lowest BCUT2D eigenvalue weighted by Gasteiger charge is -2.33. The minimum Gasteiger partial charge on any atom is -0.481 e. The number of halogens is 1. The van der Waals surface area contributed by atoms with Gasteiger partial charge in [-0.15, -0.1) is 0 Å². The van der Waals surface area contributed by atoms with Crippen molar-refractivity contribution in [1.82, 2.24) is 10.2 Å². The fraction of sp³-hybridized carbons (Fsp3) is 0.529. The second kappa shape index (κ2) is 8.77. The molecule has 0 fully saturated rings. The van der Waals surface area contributed by atoms with Crippen molar-refractivity contribution < 1.29 is 14.7 Å². The number of aliphatic carboxylic acids is 1. The summed E-state index contributed by atoms with van der Waals surface area (Å²) in [6.45, 7) is 4.88. The van der Waals surface area contributed by atoms with Crippen LogP contribution in [0, 0.1) is 0 Å². The van der Waals surface area contributed by atoms with E-state index in [2.05, 4.69) is 19.2 Å². The molecule has 6 heteroatoms. The van der Waals surface area contributed by atoms with Crippen molar-refractivity contribution in [3.63, 3.8) is 0 Å². The number of hydrogen-bond donors (Lipinski definition) is 2. The van der Waals surface area contributed by atoms with Gasteiger partial charge in [0.05, 0.1) is 6.42 Å². The zero-order valence-corrected chi connectivity index (χ0v) is 14.7. The van der Waals surface area contributed by atoms with Crippen LogP contribution in [-0.2, 0) is 10.2 Å². The summed E-state index contributed by atoms with van der Waals surface area (Å²) in [4.78, 5) is 24.1. The average molecular weight is 341 g/mol. The highest BCUT2D eigenvalue weighted by Crippen LogP contribution is 2.31. The molecule has 0 bridgehead atoms. The summed E-state index contributed by atoms with van der Waals surface area (Å²) in [5.41, 5.74) is 0.980.